The molecule has 0 radical (unpaired) electrons. The van der Waals surface area contributed by atoms with Crippen LogP contribution in [0, 0.1) is 5.92 Å². The van der Waals surface area contributed by atoms with Crippen LogP contribution in [0.5, 0.6) is 5.88 Å². The summed E-state index contributed by atoms with van der Waals surface area (Å²) in [6, 6.07) is 4.94. The number of carboxylic acid groups (broad SMARTS) is 1. The lowest BCUT2D eigenvalue weighted by molar-refractivity contribution is -0.141. The molecule has 0 saturated carbocycles. The van der Waals surface area contributed by atoms with E-state index >= 15 is 0 Å². The third-order valence-electron chi connectivity index (χ3n) is 2.62. The predicted octanol–water partition coefficient (Wildman–Crippen LogP) is 1.66. The lowest BCUT2D eigenvalue weighted by Gasteiger charge is -2.19. The summed E-state index contributed by atoms with van der Waals surface area (Å²) in [4.78, 5) is 28.4. The fraction of sp³-hybridized carbons (Fsp3) is 0.500. The van der Waals surface area contributed by atoms with Gasteiger partial charge in [-0.05, 0) is 19.9 Å². The van der Waals surface area contributed by atoms with Crippen molar-refractivity contribution in [2.75, 3.05) is 13.6 Å². The lowest BCUT2D eigenvalue weighted by Crippen LogP contribution is -2.34. The minimum absolute atomic E-state index is 0.0300. The van der Waals surface area contributed by atoms with Crippen molar-refractivity contribution in [3.8, 4) is 5.88 Å². The Hall–Kier alpha value is -2.11. The molecule has 110 valence electrons. The molecule has 0 aliphatic rings. The monoisotopic (exact) mass is 280 g/mol. The first kappa shape index (κ1) is 15.9. The fourth-order valence-electron chi connectivity index (χ4n) is 1.61. The fourth-order valence-corrected chi connectivity index (χ4v) is 1.61. The second kappa shape index (κ2) is 6.88. The van der Waals surface area contributed by atoms with Crippen molar-refractivity contribution in [1.29, 1.82) is 0 Å². The molecule has 0 aliphatic carbocycles. The van der Waals surface area contributed by atoms with Crippen LogP contribution in [-0.2, 0) is 4.79 Å². The predicted molar refractivity (Wildman–Crippen MR) is 73.8 cm³/mol. The number of ether oxygens (including phenoxy) is 1. The average molecular weight is 280 g/mol. The van der Waals surface area contributed by atoms with Crippen molar-refractivity contribution in [2.45, 2.75) is 26.9 Å². The highest BCUT2D eigenvalue weighted by atomic mass is 16.5. The second-order valence-corrected chi connectivity index (χ2v) is 4.95. The van der Waals surface area contributed by atoms with Crippen LogP contribution >= 0.6 is 0 Å². The number of rotatable bonds is 6. The van der Waals surface area contributed by atoms with E-state index in [-0.39, 0.29) is 24.2 Å². The van der Waals surface area contributed by atoms with E-state index in [1.54, 1.807) is 32.2 Å². The van der Waals surface area contributed by atoms with Gasteiger partial charge >= 0.3 is 5.97 Å². The Morgan fingerprint density at radius 2 is 2.00 bits per heavy atom. The molecular weight excluding hydrogens is 260 g/mol. The van der Waals surface area contributed by atoms with Crippen LogP contribution in [0.1, 0.15) is 31.3 Å². The Morgan fingerprint density at radius 3 is 2.55 bits per heavy atom. The van der Waals surface area contributed by atoms with Gasteiger partial charge in [-0.1, -0.05) is 13.0 Å². The SMILES string of the molecule is CC(C)Oc1cccc(C(=O)N(C)CC(C)C(=O)O)n1. The number of amides is 1. The summed E-state index contributed by atoms with van der Waals surface area (Å²) in [6.07, 6.45) is -0.0300. The summed E-state index contributed by atoms with van der Waals surface area (Å²) in [5, 5.41) is 8.85. The molecule has 0 fully saturated rings. The van der Waals surface area contributed by atoms with E-state index in [4.69, 9.17) is 9.84 Å². The molecule has 0 aliphatic heterocycles. The highest BCUT2D eigenvalue weighted by molar-refractivity contribution is 5.92. The highest BCUT2D eigenvalue weighted by Crippen LogP contribution is 2.11. The van der Waals surface area contributed by atoms with Gasteiger partial charge in [0.25, 0.3) is 5.91 Å². The molecule has 0 bridgehead atoms. The molecule has 20 heavy (non-hydrogen) atoms. The number of hydrogen-bond donors (Lipinski definition) is 1. The number of carboxylic acids is 1. The van der Waals surface area contributed by atoms with Crippen molar-refractivity contribution in [3.63, 3.8) is 0 Å². The van der Waals surface area contributed by atoms with Crippen molar-refractivity contribution in [1.82, 2.24) is 9.88 Å². The van der Waals surface area contributed by atoms with Crippen molar-refractivity contribution < 1.29 is 19.4 Å². The Balaban J connectivity index is 2.78. The van der Waals surface area contributed by atoms with E-state index in [9.17, 15) is 9.59 Å². The zero-order valence-electron chi connectivity index (χ0n) is 12.2. The summed E-state index contributed by atoms with van der Waals surface area (Å²) in [7, 11) is 1.55. The van der Waals surface area contributed by atoms with Crippen LogP contribution in [0.4, 0.5) is 0 Å². The van der Waals surface area contributed by atoms with Crippen LogP contribution < -0.4 is 4.74 Å². The molecule has 6 heteroatoms. The number of pyridine rings is 1. The lowest BCUT2D eigenvalue weighted by atomic mass is 10.1. The molecule has 1 amide bonds. The van der Waals surface area contributed by atoms with Crippen LogP contribution in [0.25, 0.3) is 0 Å². The van der Waals surface area contributed by atoms with E-state index in [1.807, 2.05) is 13.8 Å². The van der Waals surface area contributed by atoms with E-state index in [2.05, 4.69) is 4.98 Å². The molecule has 0 aromatic carbocycles. The van der Waals surface area contributed by atoms with E-state index in [1.165, 1.54) is 4.90 Å². The van der Waals surface area contributed by atoms with Gasteiger partial charge in [-0.2, -0.15) is 0 Å². The number of aromatic nitrogens is 1. The maximum absolute atomic E-state index is 12.2. The molecule has 0 spiro atoms. The number of hydrogen-bond acceptors (Lipinski definition) is 4. The summed E-state index contributed by atoms with van der Waals surface area (Å²) in [6.45, 7) is 5.43. The smallest absolute Gasteiger partial charge is 0.308 e. The molecular formula is C14H20N2O4. The summed E-state index contributed by atoms with van der Waals surface area (Å²) in [5.74, 6) is -1.51. The van der Waals surface area contributed by atoms with Crippen molar-refractivity contribution >= 4 is 11.9 Å². The molecule has 1 N–H and O–H groups in total. The summed E-state index contributed by atoms with van der Waals surface area (Å²) < 4.78 is 5.43. The molecule has 1 heterocycles. The number of aliphatic carboxylic acids is 1. The van der Waals surface area contributed by atoms with Crippen LogP contribution in [0.2, 0.25) is 0 Å². The standard InChI is InChI=1S/C14H20N2O4/c1-9(2)20-12-7-5-6-11(15-12)13(17)16(4)8-10(3)14(18)19/h5-7,9-10H,8H2,1-4H3,(H,18,19). The Labute approximate surface area is 118 Å². The Kier molecular flexibility index (Phi) is 5.49. The van der Waals surface area contributed by atoms with Gasteiger partial charge in [0.2, 0.25) is 5.88 Å². The van der Waals surface area contributed by atoms with Gasteiger partial charge in [0.05, 0.1) is 12.0 Å². The van der Waals surface area contributed by atoms with Crippen LogP contribution in [0.3, 0.4) is 0 Å². The first-order valence-corrected chi connectivity index (χ1v) is 6.43. The van der Waals surface area contributed by atoms with Crippen molar-refractivity contribution in [3.05, 3.63) is 23.9 Å². The molecule has 1 rings (SSSR count). The van der Waals surface area contributed by atoms with Gasteiger partial charge in [-0.3, -0.25) is 9.59 Å². The van der Waals surface area contributed by atoms with E-state index < -0.39 is 11.9 Å². The normalized spacial score (nSPS) is 12.1. The minimum Gasteiger partial charge on any atom is -0.481 e. The van der Waals surface area contributed by atoms with Crippen LogP contribution in [0.15, 0.2) is 18.2 Å². The van der Waals surface area contributed by atoms with Gasteiger partial charge in [-0.15, -0.1) is 0 Å². The highest BCUT2D eigenvalue weighted by Gasteiger charge is 2.19. The molecule has 1 aromatic heterocycles. The van der Waals surface area contributed by atoms with Gasteiger partial charge in [-0.25, -0.2) is 4.98 Å². The molecule has 6 nitrogen and oxygen atoms in total. The van der Waals surface area contributed by atoms with E-state index in [0.717, 1.165) is 0 Å². The summed E-state index contributed by atoms with van der Waals surface area (Å²) in [5.41, 5.74) is 0.239. The minimum atomic E-state index is -0.936. The molecule has 1 unspecified atom stereocenters. The second-order valence-electron chi connectivity index (χ2n) is 4.95. The maximum atomic E-state index is 12.2. The quantitative estimate of drug-likeness (QED) is 0.857. The molecule has 0 saturated heterocycles. The first-order chi connectivity index (χ1) is 9.31. The molecule has 1 atom stereocenters. The number of nitrogens with zero attached hydrogens (tertiary/aromatic N) is 2. The Morgan fingerprint density at radius 1 is 1.35 bits per heavy atom. The Bertz CT molecular complexity index is 488. The van der Waals surface area contributed by atoms with Gasteiger partial charge in [0, 0.05) is 19.7 Å². The van der Waals surface area contributed by atoms with Crippen LogP contribution in [-0.4, -0.2) is 46.6 Å². The zero-order chi connectivity index (χ0) is 15.3. The third-order valence-corrected chi connectivity index (χ3v) is 2.62. The number of carbonyl (C=O) groups excluding carboxylic acids is 1. The molecule has 1 aromatic rings. The topological polar surface area (TPSA) is 79.7 Å². The summed E-state index contributed by atoms with van der Waals surface area (Å²) >= 11 is 0. The van der Waals surface area contributed by atoms with Crippen molar-refractivity contribution in [2.24, 2.45) is 5.92 Å². The largest absolute Gasteiger partial charge is 0.481 e. The van der Waals surface area contributed by atoms with Gasteiger partial charge in [0.1, 0.15) is 5.69 Å². The number of carbonyl (C=O) groups is 2. The first-order valence-electron chi connectivity index (χ1n) is 6.43. The zero-order valence-corrected chi connectivity index (χ0v) is 12.2. The van der Waals surface area contributed by atoms with E-state index in [0.29, 0.717) is 5.88 Å². The third kappa shape index (κ3) is 4.53. The maximum Gasteiger partial charge on any atom is 0.308 e. The average Bonchev–Trinajstić information content (AvgIpc) is 2.37. The van der Waals surface area contributed by atoms with Gasteiger partial charge in [0.15, 0.2) is 0 Å². The van der Waals surface area contributed by atoms with Gasteiger partial charge < -0.3 is 14.7 Å².